The highest BCUT2D eigenvalue weighted by Crippen LogP contribution is 2.27. The summed E-state index contributed by atoms with van der Waals surface area (Å²) in [5, 5.41) is 1.28. The number of benzene rings is 1. The van der Waals surface area contributed by atoms with Crippen LogP contribution >= 0.6 is 15.9 Å². The first-order valence-electron chi connectivity index (χ1n) is 4.58. The van der Waals surface area contributed by atoms with Gasteiger partial charge in [0, 0.05) is 34.7 Å². The third-order valence-electron chi connectivity index (χ3n) is 2.76. The molecule has 2 nitrogen and oxygen atoms in total. The Bertz CT molecular complexity index is 485. The van der Waals surface area contributed by atoms with E-state index in [0.717, 1.165) is 4.47 Å². The summed E-state index contributed by atoms with van der Waals surface area (Å²) in [4.78, 5) is 0. The lowest BCUT2D eigenvalue weighted by atomic mass is 10.1. The minimum atomic E-state index is 0.592. The zero-order chi connectivity index (χ0) is 10.3. The van der Waals surface area contributed by atoms with Crippen LogP contribution in [0.5, 0.6) is 0 Å². The molecule has 2 N–H and O–H groups in total. The average Bonchev–Trinajstić information content (AvgIpc) is 2.39. The molecule has 1 aromatic carbocycles. The van der Waals surface area contributed by atoms with E-state index in [2.05, 4.69) is 52.7 Å². The molecule has 74 valence electrons. The van der Waals surface area contributed by atoms with Crippen molar-refractivity contribution in [2.45, 2.75) is 13.5 Å². The highest BCUT2D eigenvalue weighted by Gasteiger charge is 2.09. The third kappa shape index (κ3) is 1.28. The first-order chi connectivity index (χ1) is 6.65. The third-order valence-corrected chi connectivity index (χ3v) is 3.25. The van der Waals surface area contributed by atoms with Crippen LogP contribution in [0.15, 0.2) is 22.7 Å². The molecule has 0 bridgehead atoms. The van der Waals surface area contributed by atoms with E-state index in [9.17, 15) is 0 Å². The number of nitrogens with zero attached hydrogens (tertiary/aromatic N) is 1. The molecule has 0 aliphatic carbocycles. The van der Waals surface area contributed by atoms with E-state index in [1.807, 2.05) is 0 Å². The predicted molar refractivity (Wildman–Crippen MR) is 63.2 cm³/mol. The molecule has 0 radical (unpaired) electrons. The molecule has 0 saturated heterocycles. The van der Waals surface area contributed by atoms with Gasteiger partial charge in [-0.15, -0.1) is 0 Å². The summed E-state index contributed by atoms with van der Waals surface area (Å²) in [5.74, 6) is 0. The van der Waals surface area contributed by atoms with Gasteiger partial charge in [-0.25, -0.2) is 0 Å². The maximum absolute atomic E-state index is 5.72. The van der Waals surface area contributed by atoms with Crippen LogP contribution in [-0.4, -0.2) is 4.57 Å². The topological polar surface area (TPSA) is 30.9 Å². The number of aryl methyl sites for hydroxylation is 2. The van der Waals surface area contributed by atoms with Gasteiger partial charge in [0.25, 0.3) is 0 Å². The molecule has 14 heavy (non-hydrogen) atoms. The zero-order valence-corrected chi connectivity index (χ0v) is 9.93. The first-order valence-corrected chi connectivity index (χ1v) is 5.38. The van der Waals surface area contributed by atoms with E-state index in [1.54, 1.807) is 0 Å². The van der Waals surface area contributed by atoms with Gasteiger partial charge >= 0.3 is 0 Å². The van der Waals surface area contributed by atoms with Gasteiger partial charge < -0.3 is 10.3 Å². The molecule has 0 aliphatic rings. The van der Waals surface area contributed by atoms with E-state index in [4.69, 9.17) is 5.73 Å². The quantitative estimate of drug-likeness (QED) is 0.832. The van der Waals surface area contributed by atoms with Gasteiger partial charge in [0.1, 0.15) is 0 Å². The molecule has 1 heterocycles. The maximum Gasteiger partial charge on any atom is 0.0483 e. The summed E-state index contributed by atoms with van der Waals surface area (Å²) in [5.41, 5.74) is 9.45. The zero-order valence-electron chi connectivity index (χ0n) is 8.34. The number of fused-ring (bicyclic) bond motifs is 1. The Morgan fingerprint density at radius 3 is 2.79 bits per heavy atom. The Morgan fingerprint density at radius 2 is 2.14 bits per heavy atom. The van der Waals surface area contributed by atoms with Crippen LogP contribution in [0, 0.1) is 6.92 Å². The number of rotatable bonds is 1. The van der Waals surface area contributed by atoms with Crippen molar-refractivity contribution in [2.24, 2.45) is 12.8 Å². The van der Waals surface area contributed by atoms with Crippen LogP contribution in [0.3, 0.4) is 0 Å². The summed E-state index contributed by atoms with van der Waals surface area (Å²) >= 11 is 3.48. The van der Waals surface area contributed by atoms with E-state index < -0.39 is 0 Å². The summed E-state index contributed by atoms with van der Waals surface area (Å²) < 4.78 is 3.28. The Kier molecular flexibility index (Phi) is 2.37. The van der Waals surface area contributed by atoms with Crippen molar-refractivity contribution in [3.05, 3.63) is 33.9 Å². The van der Waals surface area contributed by atoms with E-state index in [1.165, 1.54) is 22.2 Å². The van der Waals surface area contributed by atoms with Crippen molar-refractivity contribution < 1.29 is 0 Å². The SMILES string of the molecule is Cc1c(CN)n(C)c2ccc(Br)cc12. The Morgan fingerprint density at radius 1 is 1.43 bits per heavy atom. The van der Waals surface area contributed by atoms with E-state index in [-0.39, 0.29) is 0 Å². The number of halogens is 1. The van der Waals surface area contributed by atoms with Gasteiger partial charge in [-0.1, -0.05) is 15.9 Å². The summed E-state index contributed by atoms with van der Waals surface area (Å²) in [7, 11) is 2.06. The molecule has 0 aliphatic heterocycles. The van der Waals surface area contributed by atoms with Gasteiger partial charge in [0.05, 0.1) is 0 Å². The highest BCUT2D eigenvalue weighted by atomic mass is 79.9. The highest BCUT2D eigenvalue weighted by molar-refractivity contribution is 9.10. The van der Waals surface area contributed by atoms with Gasteiger partial charge in [-0.05, 0) is 30.7 Å². The fourth-order valence-corrected chi connectivity index (χ4v) is 2.30. The predicted octanol–water partition coefficient (Wildman–Crippen LogP) is 2.71. The Balaban J connectivity index is 2.87. The smallest absolute Gasteiger partial charge is 0.0483 e. The van der Waals surface area contributed by atoms with Crippen molar-refractivity contribution in [1.29, 1.82) is 0 Å². The normalized spacial score (nSPS) is 11.1. The summed E-state index contributed by atoms with van der Waals surface area (Å²) in [6, 6.07) is 6.32. The monoisotopic (exact) mass is 252 g/mol. The lowest BCUT2D eigenvalue weighted by Crippen LogP contribution is -2.04. The van der Waals surface area contributed by atoms with Crippen molar-refractivity contribution >= 4 is 26.8 Å². The number of hydrogen-bond donors (Lipinski definition) is 1. The standard InChI is InChI=1S/C11H13BrN2/c1-7-9-5-8(12)3-4-10(9)14(2)11(7)6-13/h3-5H,6,13H2,1-2H3. The summed E-state index contributed by atoms with van der Waals surface area (Å²) in [6.45, 7) is 2.71. The minimum absolute atomic E-state index is 0.592. The van der Waals surface area contributed by atoms with E-state index in [0.29, 0.717) is 6.54 Å². The molecule has 0 fully saturated rings. The fourth-order valence-electron chi connectivity index (χ4n) is 1.94. The van der Waals surface area contributed by atoms with Crippen LogP contribution < -0.4 is 5.73 Å². The second kappa shape index (κ2) is 3.41. The van der Waals surface area contributed by atoms with Crippen molar-refractivity contribution in [3.63, 3.8) is 0 Å². The Labute approximate surface area is 91.8 Å². The molecule has 2 rings (SSSR count). The van der Waals surface area contributed by atoms with Crippen LogP contribution in [0.25, 0.3) is 10.9 Å². The second-order valence-corrected chi connectivity index (χ2v) is 4.41. The van der Waals surface area contributed by atoms with Gasteiger partial charge in [-0.3, -0.25) is 0 Å². The first kappa shape index (κ1) is 9.74. The van der Waals surface area contributed by atoms with Gasteiger partial charge in [0.2, 0.25) is 0 Å². The number of nitrogens with two attached hydrogens (primary N) is 1. The molecule has 0 spiro atoms. The van der Waals surface area contributed by atoms with Crippen molar-refractivity contribution in [3.8, 4) is 0 Å². The molecule has 0 amide bonds. The van der Waals surface area contributed by atoms with Gasteiger partial charge in [-0.2, -0.15) is 0 Å². The van der Waals surface area contributed by atoms with Crippen LogP contribution in [0.1, 0.15) is 11.3 Å². The molecule has 0 saturated carbocycles. The Hall–Kier alpha value is -0.800. The summed E-state index contributed by atoms with van der Waals surface area (Å²) in [6.07, 6.45) is 0. The average molecular weight is 253 g/mol. The number of aromatic nitrogens is 1. The molecule has 2 aromatic rings. The molecular weight excluding hydrogens is 240 g/mol. The van der Waals surface area contributed by atoms with Crippen molar-refractivity contribution in [2.75, 3.05) is 0 Å². The molecule has 0 atom stereocenters. The lowest BCUT2D eigenvalue weighted by Gasteiger charge is -2.00. The minimum Gasteiger partial charge on any atom is -0.346 e. The molecule has 1 aromatic heterocycles. The molecule has 3 heteroatoms. The van der Waals surface area contributed by atoms with Crippen LogP contribution in [0.2, 0.25) is 0 Å². The maximum atomic E-state index is 5.72. The largest absolute Gasteiger partial charge is 0.346 e. The van der Waals surface area contributed by atoms with Crippen LogP contribution in [0.4, 0.5) is 0 Å². The number of hydrogen-bond acceptors (Lipinski definition) is 1. The van der Waals surface area contributed by atoms with Gasteiger partial charge in [0.15, 0.2) is 0 Å². The lowest BCUT2D eigenvalue weighted by molar-refractivity contribution is 0.841. The fraction of sp³-hybridized carbons (Fsp3) is 0.273. The second-order valence-electron chi connectivity index (χ2n) is 3.50. The molecular formula is C11H13BrN2. The molecule has 0 unspecified atom stereocenters. The van der Waals surface area contributed by atoms with Crippen molar-refractivity contribution in [1.82, 2.24) is 4.57 Å². The van der Waals surface area contributed by atoms with Crippen LogP contribution in [-0.2, 0) is 13.6 Å². The van der Waals surface area contributed by atoms with E-state index >= 15 is 0 Å².